The lowest BCUT2D eigenvalue weighted by molar-refractivity contribution is -0.151. The molecule has 2 aliphatic rings. The molecule has 1 atom stereocenters. The first-order chi connectivity index (χ1) is 13.1. The van der Waals surface area contributed by atoms with Gasteiger partial charge in [0.25, 0.3) is 0 Å². The molecule has 4 rings (SSSR count). The zero-order valence-corrected chi connectivity index (χ0v) is 16.1. The van der Waals surface area contributed by atoms with Gasteiger partial charge >= 0.3 is 0 Å². The van der Waals surface area contributed by atoms with Crippen molar-refractivity contribution >= 4 is 5.91 Å². The molecule has 1 amide bonds. The molecule has 1 spiro atoms. The van der Waals surface area contributed by atoms with E-state index in [1.807, 2.05) is 28.8 Å². The van der Waals surface area contributed by atoms with E-state index in [-0.39, 0.29) is 18.4 Å². The van der Waals surface area contributed by atoms with Crippen molar-refractivity contribution < 1.29 is 9.90 Å². The molecular formula is C22H29N3O2. The molecule has 5 heteroatoms. The zero-order valence-electron chi connectivity index (χ0n) is 16.1. The third-order valence-corrected chi connectivity index (χ3v) is 6.61. The number of benzene rings is 1. The Labute approximate surface area is 161 Å². The molecule has 0 unspecified atom stereocenters. The van der Waals surface area contributed by atoms with Gasteiger partial charge in [0.15, 0.2) is 0 Å². The lowest BCUT2D eigenvalue weighted by Gasteiger charge is -2.54. The monoisotopic (exact) mass is 367 g/mol. The number of rotatable bonds is 5. The fourth-order valence-corrected chi connectivity index (χ4v) is 4.76. The van der Waals surface area contributed by atoms with E-state index in [2.05, 4.69) is 29.4 Å². The largest absolute Gasteiger partial charge is 0.396 e. The number of aliphatic hydroxyl groups excluding tert-OH is 1. The average molecular weight is 367 g/mol. The fourth-order valence-electron chi connectivity index (χ4n) is 4.76. The number of carbonyl (C=O) groups excluding carboxylic acids is 1. The second-order valence-electron chi connectivity index (χ2n) is 8.30. The molecule has 1 saturated heterocycles. The Morgan fingerprint density at radius 1 is 1.26 bits per heavy atom. The normalized spacial score (nSPS) is 20.4. The molecule has 27 heavy (non-hydrogen) atoms. The van der Waals surface area contributed by atoms with Gasteiger partial charge in [0.05, 0.1) is 18.2 Å². The molecule has 2 heterocycles. The van der Waals surface area contributed by atoms with Crippen LogP contribution in [0.4, 0.5) is 0 Å². The lowest BCUT2D eigenvalue weighted by atomic mass is 9.64. The predicted molar refractivity (Wildman–Crippen MR) is 105 cm³/mol. The maximum atomic E-state index is 12.4. The molecule has 1 aromatic heterocycles. The lowest BCUT2D eigenvalue weighted by Crippen LogP contribution is -2.60. The molecule has 144 valence electrons. The van der Waals surface area contributed by atoms with Crippen molar-refractivity contribution in [1.82, 2.24) is 14.7 Å². The number of hydrogen-bond acceptors (Lipinski definition) is 3. The van der Waals surface area contributed by atoms with Gasteiger partial charge in [-0.3, -0.25) is 4.79 Å². The van der Waals surface area contributed by atoms with E-state index in [9.17, 15) is 9.90 Å². The molecule has 2 aromatic rings. The summed E-state index contributed by atoms with van der Waals surface area (Å²) in [6.45, 7) is 3.70. The van der Waals surface area contributed by atoms with Crippen LogP contribution < -0.4 is 0 Å². The van der Waals surface area contributed by atoms with Gasteiger partial charge in [-0.15, -0.1) is 0 Å². The summed E-state index contributed by atoms with van der Waals surface area (Å²) in [5.41, 5.74) is 2.84. The van der Waals surface area contributed by atoms with E-state index in [0.717, 1.165) is 25.2 Å². The van der Waals surface area contributed by atoms with Crippen molar-refractivity contribution in [3.8, 4) is 5.69 Å². The van der Waals surface area contributed by atoms with Crippen molar-refractivity contribution in [3.05, 3.63) is 48.3 Å². The Kier molecular flexibility index (Phi) is 5.04. The van der Waals surface area contributed by atoms with Gasteiger partial charge in [-0.2, -0.15) is 5.10 Å². The molecule has 5 nitrogen and oxygen atoms in total. The third kappa shape index (κ3) is 3.53. The minimum atomic E-state index is -0.216. The molecule has 1 aliphatic heterocycles. The van der Waals surface area contributed by atoms with Gasteiger partial charge in [-0.05, 0) is 61.8 Å². The summed E-state index contributed by atoms with van der Waals surface area (Å²) < 4.78 is 1.88. The first kappa shape index (κ1) is 18.2. The van der Waals surface area contributed by atoms with E-state index in [1.165, 1.54) is 31.2 Å². The van der Waals surface area contributed by atoms with Crippen LogP contribution >= 0.6 is 0 Å². The highest BCUT2D eigenvalue weighted by atomic mass is 16.3. The molecular weight excluding hydrogens is 338 g/mol. The van der Waals surface area contributed by atoms with Crippen LogP contribution in [0, 0.1) is 11.3 Å². The quantitative estimate of drug-likeness (QED) is 0.881. The summed E-state index contributed by atoms with van der Waals surface area (Å²) in [6.07, 6.45) is 9.25. The van der Waals surface area contributed by atoms with E-state index >= 15 is 0 Å². The first-order valence-corrected chi connectivity index (χ1v) is 10.1. The van der Waals surface area contributed by atoms with Crippen molar-refractivity contribution in [1.29, 1.82) is 0 Å². The van der Waals surface area contributed by atoms with Crippen LogP contribution in [0.3, 0.4) is 0 Å². The van der Waals surface area contributed by atoms with Crippen molar-refractivity contribution in [2.45, 2.75) is 44.9 Å². The molecule has 0 bridgehead atoms. The van der Waals surface area contributed by atoms with Crippen LogP contribution in [0.1, 0.15) is 50.5 Å². The average Bonchev–Trinajstić information content (AvgIpc) is 3.22. The molecule has 1 aromatic carbocycles. The Balaban J connectivity index is 1.32. The van der Waals surface area contributed by atoms with Gasteiger partial charge in [0.2, 0.25) is 5.91 Å². The van der Waals surface area contributed by atoms with Crippen LogP contribution in [0.2, 0.25) is 0 Å². The number of aliphatic hydroxyl groups is 1. The third-order valence-electron chi connectivity index (χ3n) is 6.61. The Hall–Kier alpha value is -2.14. The van der Waals surface area contributed by atoms with E-state index < -0.39 is 0 Å². The Morgan fingerprint density at radius 2 is 1.96 bits per heavy atom. The summed E-state index contributed by atoms with van der Waals surface area (Å²) in [5.74, 6) is 0.543. The number of nitrogens with zero attached hydrogens (tertiary/aromatic N) is 3. The van der Waals surface area contributed by atoms with E-state index in [1.54, 1.807) is 6.20 Å². The van der Waals surface area contributed by atoms with Crippen molar-refractivity contribution in [3.63, 3.8) is 0 Å². The van der Waals surface area contributed by atoms with Gasteiger partial charge in [-0.25, -0.2) is 4.68 Å². The Morgan fingerprint density at radius 3 is 2.52 bits per heavy atom. The molecule has 1 N–H and O–H groups in total. The van der Waals surface area contributed by atoms with Crippen LogP contribution in [0.25, 0.3) is 5.69 Å². The topological polar surface area (TPSA) is 58.4 Å². The predicted octanol–water partition coefficient (Wildman–Crippen LogP) is 3.38. The number of carbonyl (C=O) groups is 1. The fraction of sp³-hybridized carbons (Fsp3) is 0.545. The number of amides is 1. The van der Waals surface area contributed by atoms with Crippen LogP contribution in [0.5, 0.6) is 0 Å². The maximum Gasteiger partial charge on any atom is 0.228 e. The second kappa shape index (κ2) is 7.47. The molecule has 1 saturated carbocycles. The molecule has 0 radical (unpaired) electrons. The number of likely N-dealkylation sites (tertiary alicyclic amines) is 1. The summed E-state index contributed by atoms with van der Waals surface area (Å²) >= 11 is 0. The SMILES string of the molecule is CC[C@H](CO)C(=O)N1CC2(CCC(c3ccc(-n4cccn4)cc3)CC2)C1. The van der Waals surface area contributed by atoms with Crippen molar-refractivity contribution in [2.75, 3.05) is 19.7 Å². The van der Waals surface area contributed by atoms with Gasteiger partial charge in [0, 0.05) is 30.9 Å². The van der Waals surface area contributed by atoms with Crippen molar-refractivity contribution in [2.24, 2.45) is 11.3 Å². The Bertz CT molecular complexity index is 749. The van der Waals surface area contributed by atoms with E-state index in [0.29, 0.717) is 11.3 Å². The summed E-state index contributed by atoms with van der Waals surface area (Å²) in [5, 5.41) is 13.6. The molecule has 2 fully saturated rings. The van der Waals surface area contributed by atoms with Crippen LogP contribution in [0.15, 0.2) is 42.7 Å². The second-order valence-corrected chi connectivity index (χ2v) is 8.30. The first-order valence-electron chi connectivity index (χ1n) is 10.1. The van der Waals surface area contributed by atoms with E-state index in [4.69, 9.17) is 0 Å². The highest BCUT2D eigenvalue weighted by Gasteiger charge is 2.47. The van der Waals surface area contributed by atoms with Gasteiger partial charge in [0.1, 0.15) is 0 Å². The summed E-state index contributed by atoms with van der Waals surface area (Å²) in [4.78, 5) is 14.3. The number of hydrogen-bond donors (Lipinski definition) is 1. The van der Waals surface area contributed by atoms with Gasteiger partial charge in [-0.1, -0.05) is 19.1 Å². The summed E-state index contributed by atoms with van der Waals surface area (Å²) in [6, 6.07) is 10.7. The van der Waals surface area contributed by atoms with Gasteiger partial charge < -0.3 is 10.0 Å². The standard InChI is InChI=1S/C22H29N3O2/c1-2-17(14-26)21(27)24-15-22(16-24)10-8-19(9-11-22)18-4-6-20(7-5-18)25-13-3-12-23-25/h3-7,12-13,17,19,26H,2,8-11,14-16H2,1H3/t17-/m1/s1. The number of aromatic nitrogens is 2. The minimum Gasteiger partial charge on any atom is -0.396 e. The highest BCUT2D eigenvalue weighted by molar-refractivity contribution is 5.80. The minimum absolute atomic E-state index is 0.0323. The maximum absolute atomic E-state index is 12.4. The summed E-state index contributed by atoms with van der Waals surface area (Å²) in [7, 11) is 0. The van der Waals surface area contributed by atoms with Crippen LogP contribution in [-0.4, -0.2) is 45.4 Å². The van der Waals surface area contributed by atoms with Crippen LogP contribution in [-0.2, 0) is 4.79 Å². The zero-order chi connectivity index (χ0) is 18.9. The smallest absolute Gasteiger partial charge is 0.228 e. The highest BCUT2D eigenvalue weighted by Crippen LogP contribution is 2.48. The molecule has 1 aliphatic carbocycles.